The number of hydrogen-bond donors (Lipinski definition) is 0. The first-order chi connectivity index (χ1) is 9.34. The van der Waals surface area contributed by atoms with Gasteiger partial charge in [0.1, 0.15) is 0 Å². The van der Waals surface area contributed by atoms with Crippen molar-refractivity contribution < 1.29 is 4.74 Å². The Morgan fingerprint density at radius 3 is 2.47 bits per heavy atom. The summed E-state index contributed by atoms with van der Waals surface area (Å²) in [4.78, 5) is 0. The lowest BCUT2D eigenvalue weighted by Crippen LogP contribution is -2.11. The van der Waals surface area contributed by atoms with Crippen molar-refractivity contribution in [3.8, 4) is 0 Å². The van der Waals surface area contributed by atoms with Crippen molar-refractivity contribution in [2.75, 3.05) is 6.61 Å². The minimum atomic E-state index is 0.135. The molecular weight excluding hydrogens is 300 g/mol. The first-order valence-corrected chi connectivity index (χ1v) is 7.24. The highest BCUT2D eigenvalue weighted by atomic mass is 79.9. The van der Waals surface area contributed by atoms with Crippen LogP contribution in [0.15, 0.2) is 65.1 Å². The first-order valence-electron chi connectivity index (χ1n) is 6.45. The van der Waals surface area contributed by atoms with Crippen molar-refractivity contribution in [2.45, 2.75) is 12.5 Å². The van der Waals surface area contributed by atoms with E-state index in [0.717, 1.165) is 10.9 Å². The zero-order valence-corrected chi connectivity index (χ0v) is 12.1. The molecule has 0 bridgehead atoms. The molecule has 96 valence electrons. The monoisotopic (exact) mass is 314 g/mol. The van der Waals surface area contributed by atoms with Crippen LogP contribution in [-0.4, -0.2) is 6.61 Å². The smallest absolute Gasteiger partial charge is 0.0880 e. The second-order valence-corrected chi connectivity index (χ2v) is 5.50. The molecule has 0 aliphatic carbocycles. The lowest BCUT2D eigenvalue weighted by atomic mass is 9.94. The zero-order valence-electron chi connectivity index (χ0n) is 10.6. The Morgan fingerprint density at radius 1 is 0.947 bits per heavy atom. The van der Waals surface area contributed by atoms with Gasteiger partial charge in [0.05, 0.1) is 12.7 Å². The van der Waals surface area contributed by atoms with Crippen LogP contribution in [0.4, 0.5) is 0 Å². The standard InChI is InChI=1S/C17H15BrO/c18-16-9-5-4-8-15(16)17-12-14(10-11-19-17)13-6-2-1-3-7-13/h1-10,17H,11-12H2. The van der Waals surface area contributed by atoms with Crippen molar-refractivity contribution in [1.29, 1.82) is 0 Å². The molecule has 19 heavy (non-hydrogen) atoms. The van der Waals surface area contributed by atoms with Crippen LogP contribution >= 0.6 is 15.9 Å². The lowest BCUT2D eigenvalue weighted by molar-refractivity contribution is 0.0703. The van der Waals surface area contributed by atoms with E-state index in [9.17, 15) is 0 Å². The Morgan fingerprint density at radius 2 is 1.68 bits per heavy atom. The molecule has 1 aliphatic rings. The number of hydrogen-bond acceptors (Lipinski definition) is 1. The van der Waals surface area contributed by atoms with Crippen molar-refractivity contribution in [1.82, 2.24) is 0 Å². The lowest BCUT2D eigenvalue weighted by Gasteiger charge is -2.25. The molecule has 0 aromatic heterocycles. The van der Waals surface area contributed by atoms with E-state index in [1.807, 2.05) is 6.07 Å². The van der Waals surface area contributed by atoms with Crippen molar-refractivity contribution >= 4 is 21.5 Å². The fourth-order valence-corrected chi connectivity index (χ4v) is 2.97. The van der Waals surface area contributed by atoms with Crippen LogP contribution in [-0.2, 0) is 4.74 Å². The Kier molecular flexibility index (Phi) is 3.81. The summed E-state index contributed by atoms with van der Waals surface area (Å²) in [6, 6.07) is 18.8. The molecule has 0 saturated heterocycles. The number of benzene rings is 2. The molecule has 0 fully saturated rings. The Hall–Kier alpha value is -1.38. The predicted molar refractivity (Wildman–Crippen MR) is 81.9 cm³/mol. The Bertz CT molecular complexity index is 589. The largest absolute Gasteiger partial charge is 0.369 e. The molecule has 0 N–H and O–H groups in total. The first kappa shape index (κ1) is 12.6. The molecule has 3 rings (SSSR count). The van der Waals surface area contributed by atoms with Gasteiger partial charge in [-0.2, -0.15) is 0 Å². The molecule has 1 atom stereocenters. The summed E-state index contributed by atoms with van der Waals surface area (Å²) in [5.74, 6) is 0. The van der Waals surface area contributed by atoms with Crippen LogP contribution < -0.4 is 0 Å². The Balaban J connectivity index is 1.86. The highest BCUT2D eigenvalue weighted by Crippen LogP contribution is 2.36. The minimum absolute atomic E-state index is 0.135. The minimum Gasteiger partial charge on any atom is -0.369 e. The van der Waals surface area contributed by atoms with Crippen LogP contribution in [0.2, 0.25) is 0 Å². The predicted octanol–water partition coefficient (Wildman–Crippen LogP) is 4.99. The molecule has 2 aromatic rings. The third-order valence-corrected chi connectivity index (χ3v) is 4.15. The molecule has 2 heteroatoms. The number of halogens is 1. The molecule has 0 amide bonds. The quantitative estimate of drug-likeness (QED) is 0.758. The van der Waals surface area contributed by atoms with E-state index >= 15 is 0 Å². The van der Waals surface area contributed by atoms with Gasteiger partial charge in [-0.3, -0.25) is 0 Å². The van der Waals surface area contributed by atoms with Gasteiger partial charge in [-0.05, 0) is 22.8 Å². The maximum atomic E-state index is 5.89. The highest BCUT2D eigenvalue weighted by molar-refractivity contribution is 9.10. The van der Waals surface area contributed by atoms with E-state index in [2.05, 4.69) is 70.5 Å². The molecule has 1 unspecified atom stereocenters. The second kappa shape index (κ2) is 5.72. The summed E-state index contributed by atoms with van der Waals surface area (Å²) < 4.78 is 7.01. The summed E-state index contributed by atoms with van der Waals surface area (Å²) in [6.07, 6.45) is 3.24. The number of ether oxygens (including phenoxy) is 1. The fourth-order valence-electron chi connectivity index (χ4n) is 2.43. The van der Waals surface area contributed by atoms with Crippen molar-refractivity contribution in [3.05, 3.63) is 76.3 Å². The van der Waals surface area contributed by atoms with Crippen molar-refractivity contribution in [3.63, 3.8) is 0 Å². The van der Waals surface area contributed by atoms with Gasteiger partial charge < -0.3 is 4.74 Å². The van der Waals surface area contributed by atoms with E-state index in [0.29, 0.717) is 6.61 Å². The summed E-state index contributed by atoms with van der Waals surface area (Å²) in [6.45, 7) is 0.677. The normalized spacial score (nSPS) is 19.0. The van der Waals surface area contributed by atoms with Gasteiger partial charge in [-0.25, -0.2) is 0 Å². The van der Waals surface area contributed by atoms with Gasteiger partial charge >= 0.3 is 0 Å². The molecule has 0 radical (unpaired) electrons. The van der Waals surface area contributed by atoms with Crippen LogP contribution in [0.25, 0.3) is 5.57 Å². The van der Waals surface area contributed by atoms with E-state index in [-0.39, 0.29) is 6.10 Å². The maximum absolute atomic E-state index is 5.89. The SMILES string of the molecule is Brc1ccccc1C1CC(c2ccccc2)=CCO1. The van der Waals surface area contributed by atoms with Gasteiger partial charge in [0.15, 0.2) is 0 Å². The summed E-state index contributed by atoms with van der Waals surface area (Å²) >= 11 is 3.61. The highest BCUT2D eigenvalue weighted by Gasteiger charge is 2.20. The summed E-state index contributed by atoms with van der Waals surface area (Å²) in [5, 5.41) is 0. The maximum Gasteiger partial charge on any atom is 0.0880 e. The fraction of sp³-hybridized carbons (Fsp3) is 0.176. The molecule has 2 aromatic carbocycles. The van der Waals surface area contributed by atoms with E-state index < -0.39 is 0 Å². The average Bonchev–Trinajstić information content (AvgIpc) is 2.49. The average molecular weight is 315 g/mol. The summed E-state index contributed by atoms with van der Waals surface area (Å²) in [5.41, 5.74) is 3.89. The van der Waals surface area contributed by atoms with Gasteiger partial charge in [0, 0.05) is 10.9 Å². The Labute approximate surface area is 122 Å². The van der Waals surface area contributed by atoms with Crippen LogP contribution in [0.3, 0.4) is 0 Å². The second-order valence-electron chi connectivity index (χ2n) is 4.64. The molecule has 1 nitrogen and oxygen atoms in total. The topological polar surface area (TPSA) is 9.23 Å². The summed E-state index contributed by atoms with van der Waals surface area (Å²) in [7, 11) is 0. The molecular formula is C17H15BrO. The molecule has 1 aliphatic heterocycles. The molecule has 0 spiro atoms. The zero-order chi connectivity index (χ0) is 13.1. The van der Waals surface area contributed by atoms with Gasteiger partial charge in [0.25, 0.3) is 0 Å². The molecule has 1 heterocycles. The number of rotatable bonds is 2. The van der Waals surface area contributed by atoms with Crippen molar-refractivity contribution in [2.24, 2.45) is 0 Å². The molecule has 0 saturated carbocycles. The van der Waals surface area contributed by atoms with E-state index in [4.69, 9.17) is 4.74 Å². The van der Waals surface area contributed by atoms with E-state index in [1.54, 1.807) is 0 Å². The van der Waals surface area contributed by atoms with Crippen LogP contribution in [0.1, 0.15) is 23.7 Å². The third-order valence-electron chi connectivity index (χ3n) is 3.43. The van der Waals surface area contributed by atoms with Gasteiger partial charge in [-0.15, -0.1) is 0 Å². The third kappa shape index (κ3) is 2.80. The van der Waals surface area contributed by atoms with Crippen LogP contribution in [0.5, 0.6) is 0 Å². The van der Waals surface area contributed by atoms with E-state index in [1.165, 1.54) is 16.7 Å². The van der Waals surface area contributed by atoms with Crippen LogP contribution in [0, 0.1) is 0 Å². The van der Waals surface area contributed by atoms with Gasteiger partial charge in [0.2, 0.25) is 0 Å². The van der Waals surface area contributed by atoms with Gasteiger partial charge in [-0.1, -0.05) is 70.5 Å².